The van der Waals surface area contributed by atoms with E-state index < -0.39 is 5.91 Å². The van der Waals surface area contributed by atoms with Crippen molar-refractivity contribution in [1.29, 1.82) is 0 Å². The van der Waals surface area contributed by atoms with Crippen molar-refractivity contribution >= 4 is 11.7 Å². The Hall–Kier alpha value is -1.52. The lowest BCUT2D eigenvalue weighted by molar-refractivity contribution is 0.100. The summed E-state index contributed by atoms with van der Waals surface area (Å²) in [7, 11) is 5.38. The highest BCUT2D eigenvalue weighted by Gasteiger charge is 2.13. The van der Waals surface area contributed by atoms with E-state index in [2.05, 4.69) is 5.10 Å². The monoisotopic (exact) mass is 168 g/mol. The fourth-order valence-corrected chi connectivity index (χ4v) is 0.981. The molecule has 0 saturated carbocycles. The number of hydrogen-bond acceptors (Lipinski definition) is 3. The number of nitrogens with zero attached hydrogens (tertiary/aromatic N) is 3. The van der Waals surface area contributed by atoms with Crippen molar-refractivity contribution in [2.24, 2.45) is 12.8 Å². The molecule has 0 aliphatic carbocycles. The number of aryl methyl sites for hydroxylation is 1. The predicted octanol–water partition coefficient (Wildman–Crippen LogP) is -0.415. The van der Waals surface area contributed by atoms with Gasteiger partial charge in [0.25, 0.3) is 5.91 Å². The van der Waals surface area contributed by atoms with E-state index >= 15 is 0 Å². The van der Waals surface area contributed by atoms with Crippen LogP contribution in [-0.2, 0) is 7.05 Å². The Morgan fingerprint density at radius 1 is 1.67 bits per heavy atom. The van der Waals surface area contributed by atoms with Gasteiger partial charge in [-0.05, 0) is 0 Å². The van der Waals surface area contributed by atoms with E-state index in [1.165, 1.54) is 0 Å². The van der Waals surface area contributed by atoms with Crippen LogP contribution in [0.25, 0.3) is 0 Å². The van der Waals surface area contributed by atoms with Gasteiger partial charge in [0.15, 0.2) is 5.82 Å². The first-order valence-electron chi connectivity index (χ1n) is 3.53. The van der Waals surface area contributed by atoms with E-state index in [0.29, 0.717) is 11.4 Å². The van der Waals surface area contributed by atoms with Gasteiger partial charge in [0, 0.05) is 27.3 Å². The summed E-state index contributed by atoms with van der Waals surface area (Å²) >= 11 is 0. The quantitative estimate of drug-likeness (QED) is 0.652. The first kappa shape index (κ1) is 8.58. The van der Waals surface area contributed by atoms with Crippen LogP contribution in [0, 0.1) is 0 Å². The van der Waals surface area contributed by atoms with Crippen LogP contribution >= 0.6 is 0 Å². The highest BCUT2D eigenvalue weighted by molar-refractivity contribution is 5.97. The number of nitrogens with two attached hydrogens (primary N) is 1. The molecule has 0 saturated heterocycles. The Morgan fingerprint density at radius 3 is 2.58 bits per heavy atom. The Balaban J connectivity index is 3.17. The van der Waals surface area contributed by atoms with Gasteiger partial charge in [0.2, 0.25) is 0 Å². The van der Waals surface area contributed by atoms with Gasteiger partial charge in [-0.1, -0.05) is 0 Å². The summed E-state index contributed by atoms with van der Waals surface area (Å²) in [6, 6.07) is 0. The minimum atomic E-state index is -0.452. The highest BCUT2D eigenvalue weighted by atomic mass is 16.1. The molecule has 1 aromatic rings. The Labute approximate surface area is 70.8 Å². The number of rotatable bonds is 2. The maximum Gasteiger partial charge on any atom is 0.254 e. The molecule has 1 amide bonds. The zero-order valence-electron chi connectivity index (χ0n) is 7.40. The van der Waals surface area contributed by atoms with Crippen molar-refractivity contribution < 1.29 is 4.79 Å². The second kappa shape index (κ2) is 2.84. The van der Waals surface area contributed by atoms with Crippen molar-refractivity contribution in [2.45, 2.75) is 0 Å². The number of carbonyl (C=O) groups excluding carboxylic acids is 1. The minimum absolute atomic E-state index is 0.447. The van der Waals surface area contributed by atoms with Crippen molar-refractivity contribution in [3.63, 3.8) is 0 Å². The van der Waals surface area contributed by atoms with Crippen LogP contribution in [0.15, 0.2) is 6.20 Å². The molecular formula is C7H12N4O. The summed E-state index contributed by atoms with van der Waals surface area (Å²) in [5.74, 6) is 0.150. The molecule has 0 atom stereocenters. The molecule has 0 spiro atoms. The SMILES string of the molecule is CN(C)c1nn(C)cc1C(N)=O. The summed E-state index contributed by atoms with van der Waals surface area (Å²) in [4.78, 5) is 12.6. The van der Waals surface area contributed by atoms with E-state index in [1.807, 2.05) is 14.1 Å². The maximum absolute atomic E-state index is 10.9. The molecule has 2 N–H and O–H groups in total. The van der Waals surface area contributed by atoms with E-state index in [0.717, 1.165) is 0 Å². The van der Waals surface area contributed by atoms with Crippen molar-refractivity contribution in [3.05, 3.63) is 11.8 Å². The molecule has 1 rings (SSSR count). The van der Waals surface area contributed by atoms with Crippen LogP contribution < -0.4 is 10.6 Å². The Bertz CT molecular complexity index is 302. The van der Waals surface area contributed by atoms with Gasteiger partial charge in [-0.3, -0.25) is 9.48 Å². The lowest BCUT2D eigenvalue weighted by Crippen LogP contribution is -2.17. The van der Waals surface area contributed by atoms with E-state index in [-0.39, 0.29) is 0 Å². The smallest absolute Gasteiger partial charge is 0.254 e. The zero-order chi connectivity index (χ0) is 9.30. The predicted molar refractivity (Wildman–Crippen MR) is 46.1 cm³/mol. The number of amides is 1. The highest BCUT2D eigenvalue weighted by Crippen LogP contribution is 2.13. The molecule has 12 heavy (non-hydrogen) atoms. The molecule has 0 aliphatic rings. The summed E-state index contributed by atoms with van der Waals surface area (Å²) in [6.45, 7) is 0. The molecule has 0 aliphatic heterocycles. The molecule has 0 fully saturated rings. The average Bonchev–Trinajstić information content (AvgIpc) is 2.31. The third-order valence-electron chi connectivity index (χ3n) is 1.50. The van der Waals surface area contributed by atoms with E-state index in [4.69, 9.17) is 5.73 Å². The third kappa shape index (κ3) is 1.39. The van der Waals surface area contributed by atoms with Gasteiger partial charge in [0.1, 0.15) is 5.56 Å². The Kier molecular flexibility index (Phi) is 2.03. The van der Waals surface area contributed by atoms with E-state index in [9.17, 15) is 4.79 Å². The minimum Gasteiger partial charge on any atom is -0.365 e. The van der Waals surface area contributed by atoms with Crippen LogP contribution in [0.5, 0.6) is 0 Å². The summed E-state index contributed by atoms with van der Waals surface area (Å²) in [6.07, 6.45) is 1.61. The number of anilines is 1. The van der Waals surface area contributed by atoms with E-state index in [1.54, 1.807) is 22.8 Å². The van der Waals surface area contributed by atoms with Gasteiger partial charge in [-0.15, -0.1) is 0 Å². The standard InChI is InChI=1S/C7H12N4O/c1-10(2)7-5(6(8)12)4-11(3)9-7/h4H,1-3H3,(H2,8,12). The third-order valence-corrected chi connectivity index (χ3v) is 1.50. The molecule has 5 heteroatoms. The van der Waals surface area contributed by atoms with Gasteiger partial charge < -0.3 is 10.6 Å². The lowest BCUT2D eigenvalue weighted by atomic mass is 10.3. The van der Waals surface area contributed by atoms with Crippen LogP contribution in [0.3, 0.4) is 0 Å². The molecule has 0 bridgehead atoms. The van der Waals surface area contributed by atoms with Gasteiger partial charge >= 0.3 is 0 Å². The lowest BCUT2D eigenvalue weighted by Gasteiger charge is -2.08. The zero-order valence-corrected chi connectivity index (χ0v) is 7.40. The van der Waals surface area contributed by atoms with Crippen LogP contribution in [0.1, 0.15) is 10.4 Å². The number of carbonyl (C=O) groups is 1. The molecule has 0 radical (unpaired) electrons. The maximum atomic E-state index is 10.9. The average molecular weight is 168 g/mol. The molecule has 1 heterocycles. The fraction of sp³-hybridized carbons (Fsp3) is 0.429. The summed E-state index contributed by atoms with van der Waals surface area (Å²) in [5.41, 5.74) is 5.59. The molecular weight excluding hydrogens is 156 g/mol. The van der Waals surface area contributed by atoms with Crippen LogP contribution in [0.4, 0.5) is 5.82 Å². The molecule has 5 nitrogen and oxygen atoms in total. The molecule has 0 aromatic carbocycles. The number of aromatic nitrogens is 2. The van der Waals surface area contributed by atoms with Gasteiger partial charge in [-0.25, -0.2) is 0 Å². The normalized spacial score (nSPS) is 9.92. The second-order valence-corrected chi connectivity index (χ2v) is 2.80. The van der Waals surface area contributed by atoms with Crippen LogP contribution in [-0.4, -0.2) is 29.8 Å². The van der Waals surface area contributed by atoms with Crippen molar-refractivity contribution in [1.82, 2.24) is 9.78 Å². The van der Waals surface area contributed by atoms with Crippen molar-refractivity contribution in [2.75, 3.05) is 19.0 Å². The fourth-order valence-electron chi connectivity index (χ4n) is 0.981. The van der Waals surface area contributed by atoms with Crippen LogP contribution in [0.2, 0.25) is 0 Å². The molecule has 66 valence electrons. The van der Waals surface area contributed by atoms with Gasteiger partial charge in [0.05, 0.1) is 0 Å². The topological polar surface area (TPSA) is 64.2 Å². The van der Waals surface area contributed by atoms with Gasteiger partial charge in [-0.2, -0.15) is 5.10 Å². The number of primary amides is 1. The second-order valence-electron chi connectivity index (χ2n) is 2.80. The largest absolute Gasteiger partial charge is 0.365 e. The molecule has 1 aromatic heterocycles. The first-order valence-corrected chi connectivity index (χ1v) is 3.53. The molecule has 0 unspecified atom stereocenters. The first-order chi connectivity index (χ1) is 5.52. The Morgan fingerprint density at radius 2 is 2.25 bits per heavy atom. The number of hydrogen-bond donors (Lipinski definition) is 1. The summed E-state index contributed by atoms with van der Waals surface area (Å²) < 4.78 is 1.56. The van der Waals surface area contributed by atoms with Crippen molar-refractivity contribution in [3.8, 4) is 0 Å². The summed E-state index contributed by atoms with van der Waals surface area (Å²) in [5, 5.41) is 4.07.